The van der Waals surface area contributed by atoms with Crippen LogP contribution in [-0.2, 0) is 6.54 Å². The highest BCUT2D eigenvalue weighted by Crippen LogP contribution is 2.25. The summed E-state index contributed by atoms with van der Waals surface area (Å²) < 4.78 is 7.13. The van der Waals surface area contributed by atoms with E-state index in [1.807, 2.05) is 18.2 Å². The van der Waals surface area contributed by atoms with Crippen LogP contribution in [0.1, 0.15) is 10.6 Å². The Morgan fingerprint density at radius 2 is 2.21 bits per heavy atom. The van der Waals surface area contributed by atoms with Crippen LogP contribution in [0.4, 0.5) is 0 Å². The van der Waals surface area contributed by atoms with Crippen molar-refractivity contribution in [3.05, 3.63) is 42.3 Å². The second-order valence-corrected chi connectivity index (χ2v) is 4.18. The zero-order chi connectivity index (χ0) is 13.2. The molecular weight excluding hydrogens is 244 g/mol. The number of furan rings is 1. The van der Waals surface area contributed by atoms with Gasteiger partial charge in [-0.3, -0.25) is 9.48 Å². The molecule has 2 aromatic heterocycles. The molecular formula is C14H12N2O3. The molecule has 0 radical (unpaired) electrons. The van der Waals surface area contributed by atoms with Gasteiger partial charge >= 0.3 is 0 Å². The van der Waals surface area contributed by atoms with Crippen LogP contribution in [0.25, 0.3) is 22.2 Å². The minimum Gasteiger partial charge on any atom is -0.453 e. The Morgan fingerprint density at radius 1 is 1.32 bits per heavy atom. The first-order valence-corrected chi connectivity index (χ1v) is 5.93. The molecule has 0 unspecified atom stereocenters. The maximum absolute atomic E-state index is 10.6. The standard InChI is InChI=1S/C14H12N2O3/c17-6-5-16-13-3-1-10(7-11(13)8-15-16)14-4-2-12(9-18)19-14/h1-4,7-9,17H,5-6H2. The van der Waals surface area contributed by atoms with Crippen molar-refractivity contribution < 1.29 is 14.3 Å². The van der Waals surface area contributed by atoms with Crippen molar-refractivity contribution in [2.24, 2.45) is 0 Å². The van der Waals surface area contributed by atoms with Gasteiger partial charge in [0.25, 0.3) is 0 Å². The lowest BCUT2D eigenvalue weighted by molar-refractivity contribution is 0.110. The molecule has 0 spiro atoms. The van der Waals surface area contributed by atoms with E-state index in [0.717, 1.165) is 16.5 Å². The molecule has 1 aromatic carbocycles. The van der Waals surface area contributed by atoms with Gasteiger partial charge < -0.3 is 9.52 Å². The summed E-state index contributed by atoms with van der Waals surface area (Å²) in [5, 5.41) is 14.1. The van der Waals surface area contributed by atoms with Gasteiger partial charge in [0.1, 0.15) is 5.76 Å². The van der Waals surface area contributed by atoms with Crippen LogP contribution in [0, 0.1) is 0 Å². The number of aliphatic hydroxyl groups is 1. The number of carbonyl (C=O) groups excluding carboxylic acids is 1. The number of fused-ring (bicyclic) bond motifs is 1. The smallest absolute Gasteiger partial charge is 0.185 e. The summed E-state index contributed by atoms with van der Waals surface area (Å²) in [6.07, 6.45) is 2.43. The van der Waals surface area contributed by atoms with E-state index in [-0.39, 0.29) is 6.61 Å². The van der Waals surface area contributed by atoms with Crippen LogP contribution < -0.4 is 0 Å². The lowest BCUT2D eigenvalue weighted by atomic mass is 10.1. The maximum atomic E-state index is 10.6. The lowest BCUT2D eigenvalue weighted by Gasteiger charge is -2.01. The zero-order valence-electron chi connectivity index (χ0n) is 10.1. The van der Waals surface area contributed by atoms with E-state index in [4.69, 9.17) is 9.52 Å². The molecule has 0 aliphatic rings. The van der Waals surface area contributed by atoms with Crippen LogP contribution in [0.3, 0.4) is 0 Å². The summed E-state index contributed by atoms with van der Waals surface area (Å²) >= 11 is 0. The van der Waals surface area contributed by atoms with Crippen molar-refractivity contribution in [1.82, 2.24) is 9.78 Å². The van der Waals surface area contributed by atoms with Crippen molar-refractivity contribution in [3.8, 4) is 11.3 Å². The van der Waals surface area contributed by atoms with E-state index >= 15 is 0 Å². The number of nitrogens with zero attached hydrogens (tertiary/aromatic N) is 2. The van der Waals surface area contributed by atoms with Crippen LogP contribution in [-0.4, -0.2) is 27.8 Å². The van der Waals surface area contributed by atoms with Crippen molar-refractivity contribution in [2.45, 2.75) is 6.54 Å². The third-order valence-electron chi connectivity index (χ3n) is 2.98. The van der Waals surface area contributed by atoms with Crippen molar-refractivity contribution >= 4 is 17.2 Å². The van der Waals surface area contributed by atoms with Crippen molar-refractivity contribution in [1.29, 1.82) is 0 Å². The largest absolute Gasteiger partial charge is 0.453 e. The normalized spacial score (nSPS) is 11.0. The third-order valence-corrected chi connectivity index (χ3v) is 2.98. The third kappa shape index (κ3) is 2.04. The molecule has 96 valence electrons. The fraction of sp³-hybridized carbons (Fsp3) is 0.143. The molecule has 0 aliphatic heterocycles. The number of aromatic nitrogens is 2. The van der Waals surface area contributed by atoms with Crippen molar-refractivity contribution in [3.63, 3.8) is 0 Å². The minimum atomic E-state index is 0.0550. The second kappa shape index (κ2) is 4.70. The molecule has 1 N–H and O–H groups in total. The van der Waals surface area contributed by atoms with E-state index < -0.39 is 0 Å². The molecule has 3 aromatic rings. The zero-order valence-corrected chi connectivity index (χ0v) is 10.1. The number of carbonyl (C=O) groups is 1. The molecule has 5 nitrogen and oxygen atoms in total. The van der Waals surface area contributed by atoms with Gasteiger partial charge in [-0.05, 0) is 30.3 Å². The Labute approximate surface area is 109 Å². The number of hydrogen-bond acceptors (Lipinski definition) is 4. The Balaban J connectivity index is 2.04. The predicted octanol–water partition coefficient (Wildman–Crippen LogP) is 2.10. The van der Waals surface area contributed by atoms with Crippen LogP contribution >= 0.6 is 0 Å². The average Bonchev–Trinajstić information content (AvgIpc) is 3.05. The highest BCUT2D eigenvalue weighted by Gasteiger charge is 2.07. The average molecular weight is 256 g/mol. The van der Waals surface area contributed by atoms with E-state index in [1.54, 1.807) is 23.0 Å². The maximum Gasteiger partial charge on any atom is 0.185 e. The second-order valence-electron chi connectivity index (χ2n) is 4.18. The van der Waals surface area contributed by atoms with Gasteiger partial charge in [0.05, 0.1) is 24.9 Å². The monoisotopic (exact) mass is 256 g/mol. The summed E-state index contributed by atoms with van der Waals surface area (Å²) in [5.74, 6) is 0.963. The Bertz CT molecular complexity index is 727. The Hall–Kier alpha value is -2.40. The number of benzene rings is 1. The number of aliphatic hydroxyl groups excluding tert-OH is 1. The van der Waals surface area contributed by atoms with E-state index in [2.05, 4.69) is 5.10 Å². The van der Waals surface area contributed by atoms with Crippen LogP contribution in [0.2, 0.25) is 0 Å². The summed E-state index contributed by atoms with van der Waals surface area (Å²) in [4.78, 5) is 10.6. The fourth-order valence-corrected chi connectivity index (χ4v) is 2.08. The molecule has 0 saturated heterocycles. The topological polar surface area (TPSA) is 68.3 Å². The molecule has 0 fully saturated rings. The van der Waals surface area contributed by atoms with Gasteiger partial charge in [0.15, 0.2) is 12.0 Å². The van der Waals surface area contributed by atoms with E-state index in [9.17, 15) is 4.79 Å². The molecule has 0 bridgehead atoms. The lowest BCUT2D eigenvalue weighted by Crippen LogP contribution is -2.02. The first-order chi connectivity index (χ1) is 9.31. The molecule has 2 heterocycles. The highest BCUT2D eigenvalue weighted by atomic mass is 16.3. The molecule has 0 atom stereocenters. The molecule has 3 rings (SSSR count). The quantitative estimate of drug-likeness (QED) is 0.726. The number of aldehydes is 1. The fourth-order valence-electron chi connectivity index (χ4n) is 2.08. The van der Waals surface area contributed by atoms with Gasteiger partial charge in [-0.25, -0.2) is 0 Å². The SMILES string of the molecule is O=Cc1ccc(-c2ccc3c(cnn3CCO)c2)o1. The summed E-state index contributed by atoms with van der Waals surface area (Å²) in [7, 11) is 0. The number of hydrogen-bond donors (Lipinski definition) is 1. The predicted molar refractivity (Wildman–Crippen MR) is 69.9 cm³/mol. The Morgan fingerprint density at radius 3 is 2.95 bits per heavy atom. The van der Waals surface area contributed by atoms with Gasteiger partial charge in [0.2, 0.25) is 0 Å². The van der Waals surface area contributed by atoms with Crippen LogP contribution in [0.5, 0.6) is 0 Å². The molecule has 0 saturated carbocycles. The van der Waals surface area contributed by atoms with Crippen molar-refractivity contribution in [2.75, 3.05) is 6.61 Å². The minimum absolute atomic E-state index is 0.0550. The summed E-state index contributed by atoms with van der Waals surface area (Å²) in [6, 6.07) is 9.19. The van der Waals surface area contributed by atoms with E-state index in [0.29, 0.717) is 24.4 Å². The van der Waals surface area contributed by atoms with Gasteiger partial charge in [0, 0.05) is 10.9 Å². The molecule has 0 amide bonds. The first-order valence-electron chi connectivity index (χ1n) is 5.93. The van der Waals surface area contributed by atoms with Gasteiger partial charge in [-0.15, -0.1) is 0 Å². The molecule has 19 heavy (non-hydrogen) atoms. The van der Waals surface area contributed by atoms with Crippen LogP contribution in [0.15, 0.2) is 40.9 Å². The molecule has 5 heteroatoms. The Kier molecular flexibility index (Phi) is 2.89. The van der Waals surface area contributed by atoms with E-state index in [1.165, 1.54) is 0 Å². The van der Waals surface area contributed by atoms with Gasteiger partial charge in [-0.1, -0.05) is 0 Å². The summed E-state index contributed by atoms with van der Waals surface area (Å²) in [6.45, 7) is 0.526. The summed E-state index contributed by atoms with van der Waals surface area (Å²) in [5.41, 5.74) is 1.85. The first kappa shape index (κ1) is 11.7. The van der Waals surface area contributed by atoms with Gasteiger partial charge in [-0.2, -0.15) is 5.10 Å². The molecule has 0 aliphatic carbocycles. The number of rotatable bonds is 4. The highest BCUT2D eigenvalue weighted by molar-refractivity contribution is 5.84.